The summed E-state index contributed by atoms with van der Waals surface area (Å²) in [5.41, 5.74) is 2.43. The van der Waals surface area contributed by atoms with Crippen molar-refractivity contribution in [2.75, 3.05) is 13.1 Å². The number of nitrogens with zero attached hydrogens (tertiary/aromatic N) is 3. The summed E-state index contributed by atoms with van der Waals surface area (Å²) in [5, 5.41) is 2.92. The largest absolute Gasteiger partial charge is 0.338 e. The third-order valence-corrected chi connectivity index (χ3v) is 6.46. The second kappa shape index (κ2) is 10.8. The standard InChI is InChI=1S/C23H36N4O3S/c1-7-24-22(28)26(13-17(2)3)15-21-12-25-23(27(21)14-18(4)5)31(29,30)16-20-11-9-8-10-19(20)6/h8-12,17-18H,7,13-16H2,1-6H3,(H,24,28). The Morgan fingerprint density at radius 3 is 2.42 bits per heavy atom. The normalized spacial score (nSPS) is 11.9. The average molecular weight is 449 g/mol. The van der Waals surface area contributed by atoms with Gasteiger partial charge in [0.05, 0.1) is 24.2 Å². The third kappa shape index (κ3) is 6.82. The Bertz CT molecular complexity index is 980. The minimum atomic E-state index is -3.65. The number of sulfone groups is 1. The van der Waals surface area contributed by atoms with E-state index in [0.717, 1.165) is 16.8 Å². The number of imidazole rings is 1. The van der Waals surface area contributed by atoms with Crippen molar-refractivity contribution in [3.63, 3.8) is 0 Å². The molecule has 0 aliphatic heterocycles. The first kappa shape index (κ1) is 24.9. The summed E-state index contributed by atoms with van der Waals surface area (Å²) >= 11 is 0. The first-order valence-corrected chi connectivity index (χ1v) is 12.5. The number of hydrogen-bond acceptors (Lipinski definition) is 4. The van der Waals surface area contributed by atoms with E-state index in [0.29, 0.717) is 26.2 Å². The number of rotatable bonds is 10. The summed E-state index contributed by atoms with van der Waals surface area (Å²) in [7, 11) is -3.65. The van der Waals surface area contributed by atoms with Crippen LogP contribution in [0.3, 0.4) is 0 Å². The van der Waals surface area contributed by atoms with Crippen LogP contribution in [0.25, 0.3) is 0 Å². The molecule has 0 aliphatic rings. The Balaban J connectivity index is 2.42. The van der Waals surface area contributed by atoms with Crippen LogP contribution in [0.2, 0.25) is 0 Å². The van der Waals surface area contributed by atoms with Gasteiger partial charge in [0.2, 0.25) is 15.0 Å². The topological polar surface area (TPSA) is 84.3 Å². The van der Waals surface area contributed by atoms with Gasteiger partial charge in [-0.1, -0.05) is 52.0 Å². The molecule has 2 aromatic rings. The molecule has 7 nitrogen and oxygen atoms in total. The number of carbonyl (C=O) groups excluding carboxylic acids is 1. The summed E-state index contributed by atoms with van der Waals surface area (Å²) < 4.78 is 28.4. The van der Waals surface area contributed by atoms with Crippen molar-refractivity contribution in [3.8, 4) is 0 Å². The predicted molar refractivity (Wildman–Crippen MR) is 123 cm³/mol. The van der Waals surface area contributed by atoms with Gasteiger partial charge in [0.1, 0.15) is 0 Å². The molecule has 0 bridgehead atoms. The number of aromatic nitrogens is 2. The zero-order chi connectivity index (χ0) is 23.2. The van der Waals surface area contributed by atoms with Gasteiger partial charge in [0, 0.05) is 19.6 Å². The molecule has 1 aromatic carbocycles. The fraction of sp³-hybridized carbons (Fsp3) is 0.565. The van der Waals surface area contributed by atoms with Gasteiger partial charge < -0.3 is 14.8 Å². The molecule has 0 atom stereocenters. The molecule has 0 spiro atoms. The lowest BCUT2D eigenvalue weighted by molar-refractivity contribution is 0.186. The first-order chi connectivity index (χ1) is 14.5. The molecule has 0 aliphatic carbocycles. The highest BCUT2D eigenvalue weighted by molar-refractivity contribution is 7.90. The highest BCUT2D eigenvalue weighted by Crippen LogP contribution is 2.22. The van der Waals surface area contributed by atoms with Gasteiger partial charge >= 0.3 is 6.03 Å². The predicted octanol–water partition coefficient (Wildman–Crippen LogP) is 4.01. The minimum absolute atomic E-state index is 0.0693. The van der Waals surface area contributed by atoms with Gasteiger partial charge in [-0.15, -0.1) is 0 Å². The summed E-state index contributed by atoms with van der Waals surface area (Å²) in [6.45, 7) is 13.9. The van der Waals surface area contributed by atoms with E-state index >= 15 is 0 Å². The summed E-state index contributed by atoms with van der Waals surface area (Å²) in [4.78, 5) is 18.6. The number of benzene rings is 1. The van der Waals surface area contributed by atoms with Crippen LogP contribution in [0.4, 0.5) is 4.79 Å². The monoisotopic (exact) mass is 448 g/mol. The van der Waals surface area contributed by atoms with E-state index in [1.807, 2.05) is 52.0 Å². The summed E-state index contributed by atoms with van der Waals surface area (Å²) in [6, 6.07) is 7.34. The van der Waals surface area contributed by atoms with E-state index in [2.05, 4.69) is 24.1 Å². The number of carbonyl (C=O) groups is 1. The van der Waals surface area contributed by atoms with Crippen LogP contribution in [0.5, 0.6) is 0 Å². The fourth-order valence-electron chi connectivity index (χ4n) is 3.49. The number of amides is 2. The molecule has 1 N–H and O–H groups in total. The van der Waals surface area contributed by atoms with Crippen molar-refractivity contribution in [2.24, 2.45) is 11.8 Å². The van der Waals surface area contributed by atoms with Crippen molar-refractivity contribution in [1.29, 1.82) is 0 Å². The van der Waals surface area contributed by atoms with Crippen LogP contribution in [0.1, 0.15) is 51.4 Å². The molecule has 0 unspecified atom stereocenters. The van der Waals surface area contributed by atoms with Crippen molar-refractivity contribution in [1.82, 2.24) is 19.8 Å². The maximum absolute atomic E-state index is 13.3. The first-order valence-electron chi connectivity index (χ1n) is 10.9. The zero-order valence-electron chi connectivity index (χ0n) is 19.6. The van der Waals surface area contributed by atoms with E-state index in [-0.39, 0.29) is 28.8 Å². The number of nitrogens with one attached hydrogen (secondary N) is 1. The second-order valence-corrected chi connectivity index (χ2v) is 10.7. The molecule has 0 saturated carbocycles. The van der Waals surface area contributed by atoms with Gasteiger partial charge in [-0.2, -0.15) is 0 Å². The quantitative estimate of drug-likeness (QED) is 0.595. The zero-order valence-corrected chi connectivity index (χ0v) is 20.4. The van der Waals surface area contributed by atoms with Crippen molar-refractivity contribution < 1.29 is 13.2 Å². The van der Waals surface area contributed by atoms with Gasteiger partial charge in [0.25, 0.3) is 0 Å². The van der Waals surface area contributed by atoms with Crippen molar-refractivity contribution in [3.05, 3.63) is 47.3 Å². The summed E-state index contributed by atoms with van der Waals surface area (Å²) in [5.74, 6) is 0.414. The molecule has 2 rings (SSSR count). The Hall–Kier alpha value is -2.35. The van der Waals surface area contributed by atoms with Crippen LogP contribution in [0.15, 0.2) is 35.6 Å². The second-order valence-electron chi connectivity index (χ2n) is 8.83. The molecule has 172 valence electrons. The lowest BCUT2D eigenvalue weighted by Crippen LogP contribution is -2.41. The van der Waals surface area contributed by atoms with Crippen molar-refractivity contribution >= 4 is 15.9 Å². The van der Waals surface area contributed by atoms with E-state index in [9.17, 15) is 13.2 Å². The highest BCUT2D eigenvalue weighted by atomic mass is 32.2. The molecule has 0 saturated heterocycles. The molecular formula is C23H36N4O3S. The van der Waals surface area contributed by atoms with Crippen LogP contribution in [0, 0.1) is 18.8 Å². The Morgan fingerprint density at radius 1 is 1.16 bits per heavy atom. The Labute approximate surface area is 186 Å². The maximum atomic E-state index is 13.3. The fourth-order valence-corrected chi connectivity index (χ4v) is 5.09. The maximum Gasteiger partial charge on any atom is 0.317 e. The van der Waals surface area contributed by atoms with Gasteiger partial charge in [-0.05, 0) is 36.8 Å². The minimum Gasteiger partial charge on any atom is -0.338 e. The van der Waals surface area contributed by atoms with E-state index in [4.69, 9.17) is 0 Å². The Kier molecular flexibility index (Phi) is 8.68. The van der Waals surface area contributed by atoms with Gasteiger partial charge in [-0.25, -0.2) is 18.2 Å². The molecule has 8 heteroatoms. The number of urea groups is 1. The van der Waals surface area contributed by atoms with Crippen molar-refractivity contribution in [2.45, 2.75) is 65.5 Å². The molecular weight excluding hydrogens is 412 g/mol. The Morgan fingerprint density at radius 2 is 1.84 bits per heavy atom. The molecule has 0 radical (unpaired) electrons. The number of hydrogen-bond donors (Lipinski definition) is 1. The van der Waals surface area contributed by atoms with Gasteiger partial charge in [-0.3, -0.25) is 0 Å². The lowest BCUT2D eigenvalue weighted by Gasteiger charge is -2.25. The van der Waals surface area contributed by atoms with Crippen LogP contribution < -0.4 is 5.32 Å². The molecule has 1 heterocycles. The smallest absolute Gasteiger partial charge is 0.317 e. The molecule has 0 fully saturated rings. The van der Waals surface area contributed by atoms with Crippen LogP contribution >= 0.6 is 0 Å². The third-order valence-electron chi connectivity index (χ3n) is 4.89. The van der Waals surface area contributed by atoms with Crippen LogP contribution in [-0.4, -0.2) is 42.0 Å². The van der Waals surface area contributed by atoms with E-state index in [1.165, 1.54) is 0 Å². The van der Waals surface area contributed by atoms with Gasteiger partial charge in [0.15, 0.2) is 0 Å². The number of aryl methyl sites for hydroxylation is 1. The highest BCUT2D eigenvalue weighted by Gasteiger charge is 2.26. The molecule has 2 amide bonds. The average Bonchev–Trinajstić information content (AvgIpc) is 3.05. The molecule has 31 heavy (non-hydrogen) atoms. The lowest BCUT2D eigenvalue weighted by atomic mass is 10.1. The molecule has 1 aromatic heterocycles. The van der Waals surface area contributed by atoms with E-state index in [1.54, 1.807) is 15.7 Å². The van der Waals surface area contributed by atoms with Crippen LogP contribution in [-0.2, 0) is 28.7 Å². The van der Waals surface area contributed by atoms with E-state index < -0.39 is 9.84 Å². The summed E-state index contributed by atoms with van der Waals surface area (Å²) in [6.07, 6.45) is 1.60. The SMILES string of the molecule is CCNC(=O)N(Cc1cnc(S(=O)(=O)Cc2ccccc2C)n1CC(C)C)CC(C)C.